The Balaban J connectivity index is 1.81. The van der Waals surface area contributed by atoms with Crippen molar-refractivity contribution in [3.8, 4) is 23.0 Å². The molecule has 8 heteroatoms. The Morgan fingerprint density at radius 2 is 2.00 bits per heavy atom. The van der Waals surface area contributed by atoms with Gasteiger partial charge < -0.3 is 10.3 Å². The smallest absolute Gasteiger partial charge is 0.252 e. The third-order valence-corrected chi connectivity index (χ3v) is 5.80. The van der Waals surface area contributed by atoms with E-state index in [2.05, 4.69) is 32.7 Å². The summed E-state index contributed by atoms with van der Waals surface area (Å²) in [5.74, 6) is 2.70. The van der Waals surface area contributed by atoms with E-state index in [9.17, 15) is 9.18 Å². The second kappa shape index (κ2) is 8.32. The molecule has 2 heterocycles. The molecule has 0 fully saturated rings. The molecule has 0 radical (unpaired) electrons. The van der Waals surface area contributed by atoms with Crippen LogP contribution in [0.1, 0.15) is 38.3 Å². The van der Waals surface area contributed by atoms with Crippen molar-refractivity contribution in [1.29, 1.82) is 0 Å². The minimum absolute atomic E-state index is 0.00736. The molecule has 0 saturated heterocycles. The molecule has 0 aliphatic carbocycles. The Morgan fingerprint density at radius 3 is 2.73 bits per heavy atom. The van der Waals surface area contributed by atoms with Crippen LogP contribution in [0.2, 0.25) is 0 Å². The lowest BCUT2D eigenvalue weighted by atomic mass is 9.85. The number of hydrogen-bond donors (Lipinski definition) is 3. The summed E-state index contributed by atoms with van der Waals surface area (Å²) >= 11 is 0. The molecule has 170 valence electrons. The summed E-state index contributed by atoms with van der Waals surface area (Å²) in [5.41, 5.74) is 3.62. The van der Waals surface area contributed by atoms with Crippen molar-refractivity contribution in [3.05, 3.63) is 53.0 Å². The number of aromatic nitrogens is 1. The first kappa shape index (κ1) is 22.5. The molecular formula is C25H23F3N4O. The van der Waals surface area contributed by atoms with Gasteiger partial charge in [-0.05, 0) is 51.5 Å². The van der Waals surface area contributed by atoms with Crippen LogP contribution in [0.25, 0.3) is 22.0 Å². The number of hydrazone groups is 1. The number of hydrogen-bond acceptors (Lipinski definition) is 3. The van der Waals surface area contributed by atoms with Crippen molar-refractivity contribution in [2.45, 2.75) is 46.1 Å². The normalized spacial score (nSPS) is 15.5. The highest BCUT2D eigenvalue weighted by atomic mass is 19.1. The zero-order chi connectivity index (χ0) is 23.9. The topological polar surface area (TPSA) is 69.3 Å². The maximum atomic E-state index is 15.8. The second-order valence-electron chi connectivity index (χ2n) is 8.54. The number of nitrogens with zero attached hydrogens (tertiary/aromatic N) is 1. The number of H-pyrrole nitrogens is 1. The first-order valence-corrected chi connectivity index (χ1v) is 10.4. The molecule has 2 aromatic carbocycles. The zero-order valence-corrected chi connectivity index (χ0v) is 18.7. The van der Waals surface area contributed by atoms with Crippen LogP contribution in [0, 0.1) is 36.2 Å². The number of halogens is 3. The Labute approximate surface area is 189 Å². The molecule has 1 amide bonds. The lowest BCUT2D eigenvalue weighted by Gasteiger charge is -2.35. The Bertz CT molecular complexity index is 1380. The van der Waals surface area contributed by atoms with E-state index < -0.39 is 23.0 Å². The van der Waals surface area contributed by atoms with E-state index in [1.54, 1.807) is 33.9 Å². The van der Waals surface area contributed by atoms with Crippen LogP contribution in [0.4, 0.5) is 18.9 Å². The molecule has 4 rings (SSSR count). The molecule has 1 aliphatic rings. The van der Waals surface area contributed by atoms with E-state index >= 15 is 8.78 Å². The molecule has 0 saturated carbocycles. The zero-order valence-electron chi connectivity index (χ0n) is 18.7. The SMILES string of the molecule is CC#CCC(=O)N/N=C1\Cc2c(cc(F)c(-c3cc(F)cc4c(C)c[nH]c34)c2F)NC1(C)C. The highest BCUT2D eigenvalue weighted by molar-refractivity contribution is 6.02. The molecule has 0 unspecified atom stereocenters. The average Bonchev–Trinajstić information content (AvgIpc) is 3.11. The summed E-state index contributed by atoms with van der Waals surface area (Å²) < 4.78 is 45.3. The van der Waals surface area contributed by atoms with Crippen molar-refractivity contribution in [2.75, 3.05) is 5.32 Å². The van der Waals surface area contributed by atoms with Gasteiger partial charge in [0.1, 0.15) is 17.5 Å². The minimum atomic E-state index is -0.805. The number of aromatic amines is 1. The number of anilines is 1. The molecule has 33 heavy (non-hydrogen) atoms. The molecule has 1 aromatic heterocycles. The third kappa shape index (κ3) is 4.07. The standard InChI is InChI=1S/C25H23F3N4O/c1-5-6-7-21(33)32-31-20-10-16-19(30-25(20,3)4)11-18(27)22(23(16)28)17-9-14(26)8-15-13(2)12-29-24(15)17/h8-9,11-12,29-30H,7,10H2,1-4H3,(H,32,33)/b31-20+. The number of rotatable bonds is 3. The van der Waals surface area contributed by atoms with E-state index in [0.717, 1.165) is 11.6 Å². The fourth-order valence-corrected chi connectivity index (χ4v) is 4.03. The van der Waals surface area contributed by atoms with Crippen LogP contribution >= 0.6 is 0 Å². The summed E-state index contributed by atoms with van der Waals surface area (Å²) in [6.07, 6.45) is 1.70. The number of benzene rings is 2. The van der Waals surface area contributed by atoms with Gasteiger partial charge in [-0.1, -0.05) is 5.92 Å². The first-order valence-electron chi connectivity index (χ1n) is 10.4. The first-order chi connectivity index (χ1) is 15.6. The van der Waals surface area contributed by atoms with Crippen LogP contribution in [-0.2, 0) is 11.2 Å². The van der Waals surface area contributed by atoms with Crippen LogP contribution < -0.4 is 10.7 Å². The number of carbonyl (C=O) groups is 1. The van der Waals surface area contributed by atoms with Crippen molar-refractivity contribution < 1.29 is 18.0 Å². The third-order valence-electron chi connectivity index (χ3n) is 5.80. The molecular weight excluding hydrogens is 429 g/mol. The average molecular weight is 452 g/mol. The highest BCUT2D eigenvalue weighted by Crippen LogP contribution is 2.40. The quantitative estimate of drug-likeness (QED) is 0.378. The Morgan fingerprint density at radius 1 is 1.24 bits per heavy atom. The van der Waals surface area contributed by atoms with Gasteiger partial charge >= 0.3 is 0 Å². The monoisotopic (exact) mass is 452 g/mol. The van der Waals surface area contributed by atoms with Crippen LogP contribution in [0.15, 0.2) is 29.5 Å². The van der Waals surface area contributed by atoms with Crippen LogP contribution in [-0.4, -0.2) is 22.1 Å². The summed E-state index contributed by atoms with van der Waals surface area (Å²) in [4.78, 5) is 14.9. The van der Waals surface area contributed by atoms with E-state index in [1.807, 2.05) is 0 Å². The highest BCUT2D eigenvalue weighted by Gasteiger charge is 2.35. The molecule has 3 aromatic rings. The van der Waals surface area contributed by atoms with Crippen LogP contribution in [0.5, 0.6) is 0 Å². The minimum Gasteiger partial charge on any atom is -0.374 e. The maximum absolute atomic E-state index is 15.8. The fraction of sp³-hybridized carbons (Fsp3) is 0.280. The summed E-state index contributed by atoms with van der Waals surface area (Å²) in [7, 11) is 0. The Kier molecular flexibility index (Phi) is 5.66. The molecule has 0 bridgehead atoms. The van der Waals surface area contributed by atoms with Gasteiger partial charge in [-0.25, -0.2) is 18.6 Å². The predicted octanol–water partition coefficient (Wildman–Crippen LogP) is 5.19. The van der Waals surface area contributed by atoms with Crippen molar-refractivity contribution in [1.82, 2.24) is 10.4 Å². The maximum Gasteiger partial charge on any atom is 0.252 e. The lowest BCUT2D eigenvalue weighted by molar-refractivity contribution is -0.120. The van der Waals surface area contributed by atoms with Gasteiger partial charge in [-0.3, -0.25) is 4.79 Å². The number of nitrogens with one attached hydrogen (secondary N) is 3. The van der Waals surface area contributed by atoms with Gasteiger partial charge in [-0.15, -0.1) is 5.92 Å². The van der Waals surface area contributed by atoms with Gasteiger partial charge in [-0.2, -0.15) is 5.10 Å². The van der Waals surface area contributed by atoms with Crippen molar-refractivity contribution in [2.24, 2.45) is 5.10 Å². The summed E-state index contributed by atoms with van der Waals surface area (Å²) in [6.45, 7) is 7.02. The lowest BCUT2D eigenvalue weighted by Crippen LogP contribution is -2.46. The van der Waals surface area contributed by atoms with Gasteiger partial charge in [0.15, 0.2) is 0 Å². The van der Waals surface area contributed by atoms with Gasteiger partial charge in [0.25, 0.3) is 5.91 Å². The number of amides is 1. The van der Waals surface area contributed by atoms with E-state index in [-0.39, 0.29) is 41.1 Å². The summed E-state index contributed by atoms with van der Waals surface area (Å²) in [5, 5.41) is 7.83. The molecule has 5 nitrogen and oxygen atoms in total. The number of aryl methyl sites for hydroxylation is 1. The van der Waals surface area contributed by atoms with Crippen molar-refractivity contribution in [3.63, 3.8) is 0 Å². The predicted molar refractivity (Wildman–Crippen MR) is 123 cm³/mol. The Hall–Kier alpha value is -3.73. The summed E-state index contributed by atoms with van der Waals surface area (Å²) in [6, 6.07) is 3.67. The van der Waals surface area contributed by atoms with Crippen LogP contribution in [0.3, 0.4) is 0 Å². The number of fused-ring (bicyclic) bond motifs is 2. The molecule has 0 spiro atoms. The second-order valence-corrected chi connectivity index (χ2v) is 8.54. The van der Waals surface area contributed by atoms with Gasteiger partial charge in [0, 0.05) is 34.8 Å². The van der Waals surface area contributed by atoms with E-state index in [4.69, 9.17) is 0 Å². The van der Waals surface area contributed by atoms with E-state index in [0.29, 0.717) is 16.6 Å². The number of carbonyl (C=O) groups excluding carboxylic acids is 1. The molecule has 3 N–H and O–H groups in total. The van der Waals surface area contributed by atoms with Gasteiger partial charge in [0.2, 0.25) is 0 Å². The fourth-order valence-electron chi connectivity index (χ4n) is 4.03. The van der Waals surface area contributed by atoms with Crippen molar-refractivity contribution >= 4 is 28.2 Å². The largest absolute Gasteiger partial charge is 0.374 e. The van der Waals surface area contributed by atoms with Gasteiger partial charge in [0.05, 0.1) is 28.8 Å². The molecule has 0 atom stereocenters. The van der Waals surface area contributed by atoms with E-state index in [1.165, 1.54) is 12.1 Å². The molecule has 1 aliphatic heterocycles.